The second kappa shape index (κ2) is 17.0. The first-order valence-corrected chi connectivity index (χ1v) is 8.43. The van der Waals surface area contributed by atoms with E-state index in [-0.39, 0.29) is 0 Å². The highest BCUT2D eigenvalue weighted by atomic mass is 16.5. The lowest BCUT2D eigenvalue weighted by atomic mass is 10.2. The van der Waals surface area contributed by atoms with E-state index in [9.17, 15) is 9.59 Å². The van der Waals surface area contributed by atoms with Gasteiger partial charge < -0.3 is 9.47 Å². The fourth-order valence-electron chi connectivity index (χ4n) is 1.51. The van der Waals surface area contributed by atoms with E-state index in [4.69, 9.17) is 9.47 Å². The molecule has 0 saturated heterocycles. The van der Waals surface area contributed by atoms with E-state index >= 15 is 0 Å². The number of hydrogen-bond donors (Lipinski definition) is 0. The lowest BCUT2D eigenvalue weighted by molar-refractivity contribution is -0.135. The Morgan fingerprint density at radius 2 is 1.12 bits per heavy atom. The van der Waals surface area contributed by atoms with Crippen molar-refractivity contribution in [2.75, 3.05) is 0 Å². The highest BCUT2D eigenvalue weighted by Crippen LogP contribution is 1.96. The van der Waals surface area contributed by atoms with Gasteiger partial charge in [-0.05, 0) is 25.0 Å². The Bertz CT molecular complexity index is 438. The van der Waals surface area contributed by atoms with Crippen LogP contribution in [-0.2, 0) is 19.1 Å². The predicted molar refractivity (Wildman–Crippen MR) is 96.9 cm³/mol. The molecule has 0 N–H and O–H groups in total. The minimum atomic E-state index is -0.631. The van der Waals surface area contributed by atoms with Crippen LogP contribution in [0.15, 0.2) is 61.1 Å². The van der Waals surface area contributed by atoms with E-state index in [0.29, 0.717) is 0 Å². The molecule has 0 rings (SSSR count). The summed E-state index contributed by atoms with van der Waals surface area (Å²) in [7, 11) is 0. The standard InChI is InChI=1S/C20H28O4/c1-3-5-7-9-11-13-17-23-19(21)15-16-20(22)24-18-14-12-10-8-6-4-2/h9-18H,3-8H2,1-2H3. The zero-order valence-corrected chi connectivity index (χ0v) is 14.6. The average molecular weight is 332 g/mol. The molecule has 0 fully saturated rings. The Hall–Kier alpha value is -2.36. The van der Waals surface area contributed by atoms with E-state index in [1.54, 1.807) is 12.2 Å². The fourth-order valence-corrected chi connectivity index (χ4v) is 1.51. The topological polar surface area (TPSA) is 52.6 Å². The van der Waals surface area contributed by atoms with Crippen LogP contribution in [0.2, 0.25) is 0 Å². The van der Waals surface area contributed by atoms with E-state index < -0.39 is 11.9 Å². The molecule has 4 nitrogen and oxygen atoms in total. The van der Waals surface area contributed by atoms with Gasteiger partial charge in [-0.3, -0.25) is 0 Å². The third-order valence-corrected chi connectivity index (χ3v) is 2.82. The van der Waals surface area contributed by atoms with Crippen molar-refractivity contribution < 1.29 is 19.1 Å². The number of ether oxygens (including phenoxy) is 2. The summed E-state index contributed by atoms with van der Waals surface area (Å²) in [6, 6.07) is 0. The lowest BCUT2D eigenvalue weighted by Crippen LogP contribution is -1.98. The van der Waals surface area contributed by atoms with Gasteiger partial charge in [0.05, 0.1) is 12.5 Å². The highest BCUT2D eigenvalue weighted by Gasteiger charge is 1.97. The van der Waals surface area contributed by atoms with Gasteiger partial charge in [-0.15, -0.1) is 0 Å². The van der Waals surface area contributed by atoms with Crippen LogP contribution >= 0.6 is 0 Å². The van der Waals surface area contributed by atoms with Crippen molar-refractivity contribution in [2.45, 2.75) is 52.4 Å². The largest absolute Gasteiger partial charge is 0.431 e. The molecule has 0 heterocycles. The molecule has 0 unspecified atom stereocenters. The van der Waals surface area contributed by atoms with Crippen LogP contribution < -0.4 is 0 Å². The maximum Gasteiger partial charge on any atom is 0.335 e. The van der Waals surface area contributed by atoms with E-state index in [0.717, 1.165) is 50.7 Å². The molecule has 0 atom stereocenters. The maximum absolute atomic E-state index is 11.3. The molecule has 0 radical (unpaired) electrons. The monoisotopic (exact) mass is 332 g/mol. The first-order chi connectivity index (χ1) is 11.7. The molecule has 0 saturated carbocycles. The summed E-state index contributed by atoms with van der Waals surface area (Å²) in [5.74, 6) is -1.26. The number of esters is 2. The van der Waals surface area contributed by atoms with Gasteiger partial charge in [0.25, 0.3) is 0 Å². The van der Waals surface area contributed by atoms with Crippen LogP contribution in [0.1, 0.15) is 52.4 Å². The number of allylic oxidation sites excluding steroid dienone is 6. The summed E-state index contributed by atoms with van der Waals surface area (Å²) in [6.07, 6.45) is 22.1. The first-order valence-electron chi connectivity index (χ1n) is 8.43. The smallest absolute Gasteiger partial charge is 0.335 e. The van der Waals surface area contributed by atoms with Gasteiger partial charge in [0.15, 0.2) is 0 Å². The highest BCUT2D eigenvalue weighted by molar-refractivity contribution is 5.92. The Labute approximate surface area is 145 Å². The van der Waals surface area contributed by atoms with Crippen molar-refractivity contribution in [1.29, 1.82) is 0 Å². The first kappa shape index (κ1) is 21.6. The van der Waals surface area contributed by atoms with Gasteiger partial charge in [-0.1, -0.05) is 63.8 Å². The second-order valence-electron chi connectivity index (χ2n) is 5.00. The van der Waals surface area contributed by atoms with Gasteiger partial charge in [0.2, 0.25) is 0 Å². The van der Waals surface area contributed by atoms with Crippen molar-refractivity contribution >= 4 is 11.9 Å². The molecule has 132 valence electrons. The van der Waals surface area contributed by atoms with Gasteiger partial charge in [-0.2, -0.15) is 0 Å². The van der Waals surface area contributed by atoms with E-state index in [1.165, 1.54) is 12.5 Å². The Balaban J connectivity index is 3.90. The number of carbonyl (C=O) groups is 2. The van der Waals surface area contributed by atoms with Crippen LogP contribution in [0.4, 0.5) is 0 Å². The quantitative estimate of drug-likeness (QED) is 0.163. The van der Waals surface area contributed by atoms with Crippen LogP contribution in [0, 0.1) is 0 Å². The average Bonchev–Trinajstić information content (AvgIpc) is 2.58. The molecule has 0 spiro atoms. The van der Waals surface area contributed by atoms with Crippen molar-refractivity contribution in [3.63, 3.8) is 0 Å². The summed E-state index contributed by atoms with van der Waals surface area (Å²) in [5, 5.41) is 0. The lowest BCUT2D eigenvalue weighted by Gasteiger charge is -1.93. The molecular weight excluding hydrogens is 304 g/mol. The van der Waals surface area contributed by atoms with Gasteiger partial charge in [0.1, 0.15) is 0 Å². The summed E-state index contributed by atoms with van der Waals surface area (Å²) in [6.45, 7) is 4.26. The minimum Gasteiger partial charge on any atom is -0.431 e. The van der Waals surface area contributed by atoms with Crippen LogP contribution in [-0.4, -0.2) is 11.9 Å². The molecule has 0 bridgehead atoms. The molecule has 24 heavy (non-hydrogen) atoms. The summed E-state index contributed by atoms with van der Waals surface area (Å²) in [5.41, 5.74) is 0. The van der Waals surface area contributed by atoms with Crippen LogP contribution in [0.25, 0.3) is 0 Å². The number of carbonyl (C=O) groups excluding carboxylic acids is 2. The minimum absolute atomic E-state index is 0.631. The third-order valence-electron chi connectivity index (χ3n) is 2.82. The predicted octanol–water partition coefficient (Wildman–Crippen LogP) is 5.15. The SMILES string of the molecule is CCCCC=CC=COC(=O)C=CC(=O)OC=CC=CCCCC. The van der Waals surface area contributed by atoms with Crippen molar-refractivity contribution in [3.8, 4) is 0 Å². The fraction of sp³-hybridized carbons (Fsp3) is 0.400. The molecule has 0 aromatic rings. The Kier molecular flexibility index (Phi) is 15.3. The Morgan fingerprint density at radius 3 is 1.50 bits per heavy atom. The Morgan fingerprint density at radius 1 is 0.708 bits per heavy atom. The summed E-state index contributed by atoms with van der Waals surface area (Å²) >= 11 is 0. The van der Waals surface area contributed by atoms with E-state index in [2.05, 4.69) is 13.8 Å². The van der Waals surface area contributed by atoms with Gasteiger partial charge in [0, 0.05) is 12.2 Å². The normalized spacial score (nSPS) is 12.2. The summed E-state index contributed by atoms with van der Waals surface area (Å²) in [4.78, 5) is 22.7. The molecule has 0 amide bonds. The molecule has 0 aliphatic rings. The molecular formula is C20H28O4. The van der Waals surface area contributed by atoms with Crippen molar-refractivity contribution in [2.24, 2.45) is 0 Å². The number of hydrogen-bond acceptors (Lipinski definition) is 4. The zero-order valence-electron chi connectivity index (χ0n) is 14.6. The van der Waals surface area contributed by atoms with Crippen molar-refractivity contribution in [1.82, 2.24) is 0 Å². The molecule has 4 heteroatoms. The third kappa shape index (κ3) is 16.0. The van der Waals surface area contributed by atoms with Gasteiger partial charge in [-0.25, -0.2) is 9.59 Å². The molecule has 0 aliphatic heterocycles. The summed E-state index contributed by atoms with van der Waals surface area (Å²) < 4.78 is 9.57. The van der Waals surface area contributed by atoms with Crippen LogP contribution in [0.5, 0.6) is 0 Å². The second-order valence-corrected chi connectivity index (χ2v) is 5.00. The maximum atomic E-state index is 11.3. The molecule has 0 aromatic heterocycles. The number of rotatable bonds is 12. The molecule has 0 aliphatic carbocycles. The van der Waals surface area contributed by atoms with Crippen LogP contribution in [0.3, 0.4) is 0 Å². The van der Waals surface area contributed by atoms with Crippen molar-refractivity contribution in [3.05, 3.63) is 61.1 Å². The molecule has 0 aromatic carbocycles. The van der Waals surface area contributed by atoms with Gasteiger partial charge >= 0.3 is 11.9 Å². The number of unbranched alkanes of at least 4 members (excludes halogenated alkanes) is 4. The van der Waals surface area contributed by atoms with E-state index in [1.807, 2.05) is 24.3 Å². The zero-order chi connectivity index (χ0) is 17.9.